The fourth-order valence-corrected chi connectivity index (χ4v) is 1.86. The number of rotatable bonds is 7. The summed E-state index contributed by atoms with van der Waals surface area (Å²) in [6.45, 7) is 2.42. The first-order valence-electron chi connectivity index (χ1n) is 8.22. The minimum atomic E-state index is -1.21. The number of phenols is 1. The SMILES string of the molecule is CCCOC(=O)/C=C/c1cccnc1.O=[N+]([O-])c1cc([N+](=O)[O-])c(O)c([N+](=O)[O-])c1. The second-order valence-corrected chi connectivity index (χ2v) is 5.39. The minimum absolute atomic E-state index is 0.310. The van der Waals surface area contributed by atoms with Gasteiger partial charge in [-0.25, -0.2) is 4.79 Å². The Labute approximate surface area is 168 Å². The molecule has 30 heavy (non-hydrogen) atoms. The van der Waals surface area contributed by atoms with Gasteiger partial charge in [0.15, 0.2) is 0 Å². The Morgan fingerprint density at radius 2 is 1.73 bits per heavy atom. The van der Waals surface area contributed by atoms with Gasteiger partial charge in [-0.3, -0.25) is 35.3 Å². The summed E-state index contributed by atoms with van der Waals surface area (Å²) >= 11 is 0. The third-order valence-corrected chi connectivity index (χ3v) is 3.20. The number of ether oxygens (including phenoxy) is 1. The van der Waals surface area contributed by atoms with E-state index < -0.39 is 37.6 Å². The molecule has 1 heterocycles. The minimum Gasteiger partial charge on any atom is -0.497 e. The number of hydrogen-bond donors (Lipinski definition) is 1. The Morgan fingerprint density at radius 1 is 1.13 bits per heavy atom. The van der Waals surface area contributed by atoms with Crippen LogP contribution < -0.4 is 0 Å². The number of hydrogen-bond acceptors (Lipinski definition) is 10. The van der Waals surface area contributed by atoms with Gasteiger partial charge in [0.05, 0.1) is 33.5 Å². The molecule has 0 aliphatic heterocycles. The van der Waals surface area contributed by atoms with Crippen molar-refractivity contribution in [2.45, 2.75) is 13.3 Å². The molecular formula is C17H16N4O9. The highest BCUT2D eigenvalue weighted by molar-refractivity contribution is 5.86. The molecule has 0 atom stereocenters. The molecule has 0 saturated carbocycles. The number of nitro groups is 3. The van der Waals surface area contributed by atoms with E-state index in [4.69, 9.17) is 9.84 Å². The molecule has 0 fully saturated rings. The number of aromatic nitrogens is 1. The molecule has 13 heteroatoms. The summed E-state index contributed by atoms with van der Waals surface area (Å²) < 4.78 is 4.87. The summed E-state index contributed by atoms with van der Waals surface area (Å²) in [5.41, 5.74) is -2.11. The van der Waals surface area contributed by atoms with Crippen molar-refractivity contribution in [2.24, 2.45) is 0 Å². The zero-order chi connectivity index (χ0) is 22.7. The van der Waals surface area contributed by atoms with Crippen molar-refractivity contribution in [3.8, 4) is 5.75 Å². The van der Waals surface area contributed by atoms with Crippen LogP contribution in [0.3, 0.4) is 0 Å². The third kappa shape index (κ3) is 7.30. The van der Waals surface area contributed by atoms with Crippen LogP contribution >= 0.6 is 0 Å². The average Bonchev–Trinajstić information content (AvgIpc) is 2.71. The lowest BCUT2D eigenvalue weighted by Crippen LogP contribution is -2.00. The fourth-order valence-electron chi connectivity index (χ4n) is 1.86. The van der Waals surface area contributed by atoms with Crippen molar-refractivity contribution >= 4 is 29.1 Å². The van der Waals surface area contributed by atoms with Gasteiger partial charge in [0.2, 0.25) is 0 Å². The molecule has 0 unspecified atom stereocenters. The van der Waals surface area contributed by atoms with E-state index in [0.717, 1.165) is 12.0 Å². The summed E-state index contributed by atoms with van der Waals surface area (Å²) in [5, 5.41) is 40.2. The number of esters is 1. The predicted molar refractivity (Wildman–Crippen MR) is 103 cm³/mol. The highest BCUT2D eigenvalue weighted by Gasteiger charge is 2.30. The summed E-state index contributed by atoms with van der Waals surface area (Å²) in [4.78, 5) is 42.7. The van der Waals surface area contributed by atoms with Gasteiger partial charge in [-0.05, 0) is 24.1 Å². The largest absolute Gasteiger partial charge is 0.497 e. The lowest BCUT2D eigenvalue weighted by Gasteiger charge is -1.97. The first-order chi connectivity index (χ1) is 14.2. The van der Waals surface area contributed by atoms with Crippen LogP contribution in [0, 0.1) is 30.3 Å². The van der Waals surface area contributed by atoms with Crippen molar-refractivity contribution in [3.05, 3.63) is 78.6 Å². The van der Waals surface area contributed by atoms with Gasteiger partial charge in [-0.2, -0.15) is 0 Å². The first kappa shape index (κ1) is 23.6. The van der Waals surface area contributed by atoms with Crippen molar-refractivity contribution in [1.29, 1.82) is 0 Å². The summed E-state index contributed by atoms with van der Waals surface area (Å²) in [6.07, 6.45) is 7.31. The maximum atomic E-state index is 11.0. The molecule has 0 spiro atoms. The molecule has 0 amide bonds. The van der Waals surface area contributed by atoms with E-state index in [1.54, 1.807) is 18.5 Å². The van der Waals surface area contributed by atoms with Crippen LogP contribution in [0.4, 0.5) is 17.1 Å². The molecule has 2 aromatic rings. The number of nitrogens with zero attached hydrogens (tertiary/aromatic N) is 4. The average molecular weight is 420 g/mol. The molecule has 0 aliphatic carbocycles. The summed E-state index contributed by atoms with van der Waals surface area (Å²) in [5.74, 6) is -1.52. The molecular weight excluding hydrogens is 404 g/mol. The van der Waals surface area contributed by atoms with Crippen LogP contribution in [0.15, 0.2) is 42.7 Å². The van der Waals surface area contributed by atoms with Gasteiger partial charge in [-0.15, -0.1) is 0 Å². The van der Waals surface area contributed by atoms with Crippen LogP contribution in [0.25, 0.3) is 6.08 Å². The van der Waals surface area contributed by atoms with E-state index in [1.165, 1.54) is 6.08 Å². The normalized spacial score (nSPS) is 10.0. The molecule has 2 rings (SSSR count). The van der Waals surface area contributed by atoms with Crippen LogP contribution in [0.2, 0.25) is 0 Å². The van der Waals surface area contributed by atoms with Crippen molar-refractivity contribution in [1.82, 2.24) is 4.98 Å². The standard InChI is InChI=1S/C11H13NO2.C6H3N3O7/c1-2-8-14-11(13)6-5-10-4-3-7-12-9-10;10-6-4(8(13)14)1-3(7(11)12)2-5(6)9(15)16/h3-7,9H,2,8H2,1H3;1-2,10H/b6-5+;. The van der Waals surface area contributed by atoms with Gasteiger partial charge in [-0.1, -0.05) is 13.0 Å². The van der Waals surface area contributed by atoms with Gasteiger partial charge in [0.25, 0.3) is 11.4 Å². The van der Waals surface area contributed by atoms with E-state index in [9.17, 15) is 35.1 Å². The number of aromatic hydroxyl groups is 1. The molecule has 158 valence electrons. The number of carbonyl (C=O) groups is 1. The van der Waals surface area contributed by atoms with Crippen LogP contribution in [-0.4, -0.2) is 37.4 Å². The van der Waals surface area contributed by atoms with Crippen LogP contribution in [0.1, 0.15) is 18.9 Å². The molecule has 0 aliphatic rings. The number of phenolic OH excluding ortho intramolecular Hbond substituents is 1. The molecule has 1 aromatic heterocycles. The lowest BCUT2D eigenvalue weighted by atomic mass is 10.2. The van der Waals surface area contributed by atoms with Crippen molar-refractivity contribution in [3.63, 3.8) is 0 Å². The number of non-ortho nitro benzene ring substituents is 1. The molecule has 13 nitrogen and oxygen atoms in total. The van der Waals surface area contributed by atoms with Gasteiger partial charge in [0, 0.05) is 18.5 Å². The monoisotopic (exact) mass is 420 g/mol. The summed E-state index contributed by atoms with van der Waals surface area (Å²) in [6, 6.07) is 4.58. The van der Waals surface area contributed by atoms with Gasteiger partial charge in [0.1, 0.15) is 0 Å². The van der Waals surface area contributed by atoms with E-state index >= 15 is 0 Å². The Morgan fingerprint density at radius 3 is 2.17 bits per heavy atom. The quantitative estimate of drug-likeness (QED) is 0.301. The number of pyridine rings is 1. The van der Waals surface area contributed by atoms with Crippen LogP contribution in [0.5, 0.6) is 5.75 Å². The predicted octanol–water partition coefficient (Wildman–Crippen LogP) is 3.16. The van der Waals surface area contributed by atoms with E-state index in [-0.39, 0.29) is 5.97 Å². The Kier molecular flexibility index (Phi) is 9.00. The van der Waals surface area contributed by atoms with E-state index in [0.29, 0.717) is 18.7 Å². The third-order valence-electron chi connectivity index (χ3n) is 3.20. The zero-order valence-electron chi connectivity index (χ0n) is 15.5. The van der Waals surface area contributed by atoms with E-state index in [2.05, 4.69) is 4.98 Å². The second kappa shape index (κ2) is 11.4. The fraction of sp³-hybridized carbons (Fsp3) is 0.176. The Bertz CT molecular complexity index is 926. The van der Waals surface area contributed by atoms with Gasteiger partial charge >= 0.3 is 17.3 Å². The maximum Gasteiger partial charge on any atom is 0.330 e. The molecule has 0 radical (unpaired) electrons. The zero-order valence-corrected chi connectivity index (χ0v) is 15.5. The molecule has 1 N–H and O–H groups in total. The second-order valence-electron chi connectivity index (χ2n) is 5.39. The van der Waals surface area contributed by atoms with Crippen molar-refractivity contribution < 1.29 is 29.4 Å². The van der Waals surface area contributed by atoms with Crippen LogP contribution in [-0.2, 0) is 9.53 Å². The topological polar surface area (TPSA) is 189 Å². The Hall–Kier alpha value is -4.42. The highest BCUT2D eigenvalue weighted by Crippen LogP contribution is 2.38. The van der Waals surface area contributed by atoms with E-state index in [1.807, 2.05) is 19.1 Å². The lowest BCUT2D eigenvalue weighted by molar-refractivity contribution is -0.404. The number of nitro benzene ring substituents is 3. The van der Waals surface area contributed by atoms with Crippen molar-refractivity contribution in [2.75, 3.05) is 6.61 Å². The number of carbonyl (C=O) groups excluding carboxylic acids is 1. The van der Waals surface area contributed by atoms with Gasteiger partial charge < -0.3 is 9.84 Å². The molecule has 0 bridgehead atoms. The molecule has 0 saturated heterocycles. The Balaban J connectivity index is 0.000000303. The summed E-state index contributed by atoms with van der Waals surface area (Å²) in [7, 11) is 0. The molecule has 1 aromatic carbocycles. The maximum absolute atomic E-state index is 11.0. The highest BCUT2D eigenvalue weighted by atomic mass is 16.6. The first-order valence-corrected chi connectivity index (χ1v) is 8.22. The smallest absolute Gasteiger partial charge is 0.330 e. The number of benzene rings is 1.